The molecule has 0 spiro atoms. The van der Waals surface area contributed by atoms with E-state index >= 15 is 0 Å². The van der Waals surface area contributed by atoms with Crippen LogP contribution in [-0.2, 0) is 14.8 Å². The molecule has 0 rings (SSSR count). The summed E-state index contributed by atoms with van der Waals surface area (Å²) in [5.74, 6) is 0. The molecule has 0 unspecified atom stereocenters. The Bertz CT molecular complexity index is 99.4. The summed E-state index contributed by atoms with van der Waals surface area (Å²) in [7, 11) is 0. The smallest absolute Gasteiger partial charge is 0.214 e. The van der Waals surface area contributed by atoms with Crippen molar-refractivity contribution < 1.29 is 14.8 Å². The summed E-state index contributed by atoms with van der Waals surface area (Å²) in [5, 5.41) is 18.4. The third-order valence-electron chi connectivity index (χ3n) is 0.143. The van der Waals surface area contributed by atoms with Crippen LogP contribution in [0, 0.1) is 23.0 Å². The zero-order valence-electron chi connectivity index (χ0n) is 4.12. The van der Waals surface area contributed by atoms with Crippen LogP contribution in [-0.4, -0.2) is 29.6 Å². The molecule has 37 valence electrons. The predicted octanol–water partition coefficient (Wildman–Crippen LogP) is -0.552. The summed E-state index contributed by atoms with van der Waals surface area (Å²) in [6, 6.07) is 0. The van der Waals surface area contributed by atoms with Gasteiger partial charge in [-0.05, 0) is 0 Å². The molecule has 0 fully saturated rings. The number of nitriles is 2. The summed E-state index contributed by atoms with van der Waals surface area (Å²) < 4.78 is 0. The van der Waals surface area contributed by atoms with Crippen LogP contribution in [0.4, 0.5) is 0 Å². The van der Waals surface area contributed by atoms with E-state index in [-0.39, 0.29) is 29.6 Å². The van der Waals surface area contributed by atoms with Gasteiger partial charge in [0.05, 0.1) is 5.04 Å². The molecule has 0 aromatic heterocycles. The van der Waals surface area contributed by atoms with Crippen molar-refractivity contribution in [1.29, 1.82) is 10.5 Å². The minimum atomic E-state index is 0. The van der Waals surface area contributed by atoms with Gasteiger partial charge < -0.3 is 0 Å². The molecule has 6 heteroatoms. The molecule has 8 heavy (non-hydrogen) atoms. The second kappa shape index (κ2) is 9.74. The molecule has 0 N–H and O–H groups in total. The Morgan fingerprint density at radius 1 is 1.00 bits per heavy atom. The van der Waals surface area contributed by atoms with Gasteiger partial charge in [0.15, 0.2) is 0 Å². The van der Waals surface area contributed by atoms with Crippen LogP contribution < -0.4 is 0 Å². The summed E-state index contributed by atoms with van der Waals surface area (Å²) in [6.45, 7) is 0. The van der Waals surface area contributed by atoms with E-state index in [4.69, 9.17) is 10.5 Å². The van der Waals surface area contributed by atoms with Crippen molar-refractivity contribution in [2.24, 2.45) is 0 Å². The maximum absolute atomic E-state index is 7.51. The molecule has 0 atom stereocenters. The molecule has 0 aliphatic heterocycles. The standard InChI is InChI=1S/C2N2O3.Na/c3-1-5-7-6-2-4;. The quantitative estimate of drug-likeness (QED) is 0.162. The van der Waals surface area contributed by atoms with Crippen LogP contribution in [0.1, 0.15) is 0 Å². The Labute approximate surface area is 67.5 Å². The molecule has 0 aliphatic rings. The molecule has 5 nitrogen and oxygen atoms in total. The average molecular weight is 123 g/mol. The van der Waals surface area contributed by atoms with Crippen LogP contribution >= 0.6 is 0 Å². The molecular weight excluding hydrogens is 123 g/mol. The molecular formula is C2N2NaO3. The predicted molar refractivity (Wildman–Crippen MR) is 20.2 cm³/mol. The minimum Gasteiger partial charge on any atom is -0.214 e. The maximum atomic E-state index is 7.51. The van der Waals surface area contributed by atoms with Gasteiger partial charge in [-0.15, -0.1) is 10.5 Å². The molecule has 0 aromatic rings. The zero-order chi connectivity index (χ0) is 5.54. The van der Waals surface area contributed by atoms with Gasteiger partial charge in [-0.3, -0.25) is 0 Å². The van der Waals surface area contributed by atoms with Gasteiger partial charge in [0.25, 0.3) is 0 Å². The number of hydrogen-bond donors (Lipinski definition) is 0. The third-order valence-corrected chi connectivity index (χ3v) is 0.143. The normalized spacial score (nSPS) is 4.75. The SMILES string of the molecule is N#COOOC#N.[Na]. The van der Waals surface area contributed by atoms with E-state index in [0.717, 1.165) is 12.5 Å². The van der Waals surface area contributed by atoms with E-state index in [1.165, 1.54) is 0 Å². The molecule has 0 saturated heterocycles. The van der Waals surface area contributed by atoms with Crippen LogP contribution in [0.2, 0.25) is 0 Å². The van der Waals surface area contributed by atoms with Gasteiger partial charge in [-0.1, -0.05) is 0 Å². The molecule has 1 radical (unpaired) electrons. The van der Waals surface area contributed by atoms with E-state index in [1.54, 1.807) is 0 Å². The van der Waals surface area contributed by atoms with Gasteiger partial charge in [0.1, 0.15) is 0 Å². The van der Waals surface area contributed by atoms with Crippen LogP contribution in [0.15, 0.2) is 0 Å². The van der Waals surface area contributed by atoms with Crippen LogP contribution in [0.25, 0.3) is 0 Å². The topological polar surface area (TPSA) is 75.3 Å². The maximum Gasteiger partial charge on any atom is 0.329 e. The fraction of sp³-hybridized carbons (Fsp3) is 0. The van der Waals surface area contributed by atoms with Crippen molar-refractivity contribution in [2.75, 3.05) is 0 Å². The molecule has 0 heterocycles. The molecule has 0 saturated carbocycles. The van der Waals surface area contributed by atoms with Crippen molar-refractivity contribution in [3.8, 4) is 12.5 Å². The van der Waals surface area contributed by atoms with Gasteiger partial charge in [0, 0.05) is 29.6 Å². The average Bonchev–Trinajstić information content (AvgIpc) is 1.69. The first-order valence-electron chi connectivity index (χ1n) is 1.19. The van der Waals surface area contributed by atoms with Crippen molar-refractivity contribution >= 4 is 29.6 Å². The number of rotatable bonds is 2. The summed E-state index contributed by atoms with van der Waals surface area (Å²) >= 11 is 0. The summed E-state index contributed by atoms with van der Waals surface area (Å²) in [5.41, 5.74) is 0. The summed E-state index contributed by atoms with van der Waals surface area (Å²) in [4.78, 5) is 6.87. The van der Waals surface area contributed by atoms with Gasteiger partial charge in [-0.25, -0.2) is 9.78 Å². The van der Waals surface area contributed by atoms with E-state index in [9.17, 15) is 0 Å². The van der Waals surface area contributed by atoms with E-state index in [1.807, 2.05) is 0 Å². The molecule has 0 aliphatic carbocycles. The Morgan fingerprint density at radius 2 is 1.38 bits per heavy atom. The Hall–Kier alpha value is -0.460. The first kappa shape index (κ1) is 10.5. The Morgan fingerprint density at radius 3 is 1.62 bits per heavy atom. The fourth-order valence-corrected chi connectivity index (χ4v) is 0.0474. The van der Waals surface area contributed by atoms with Crippen molar-refractivity contribution in [3.05, 3.63) is 0 Å². The number of nitrogens with zero attached hydrogens (tertiary/aromatic N) is 2. The Balaban J connectivity index is 0. The van der Waals surface area contributed by atoms with Gasteiger partial charge >= 0.3 is 12.5 Å². The van der Waals surface area contributed by atoms with E-state index in [0.29, 0.717) is 0 Å². The van der Waals surface area contributed by atoms with Gasteiger partial charge in [-0.2, -0.15) is 0 Å². The number of hydrogen-bond acceptors (Lipinski definition) is 5. The first-order valence-corrected chi connectivity index (χ1v) is 1.19. The monoisotopic (exact) mass is 123 g/mol. The van der Waals surface area contributed by atoms with Crippen LogP contribution in [0.5, 0.6) is 0 Å². The second-order valence-electron chi connectivity index (χ2n) is 0.417. The zero-order valence-corrected chi connectivity index (χ0v) is 6.12. The fourth-order valence-electron chi connectivity index (χ4n) is 0.0474. The van der Waals surface area contributed by atoms with E-state index in [2.05, 4.69) is 14.8 Å². The third kappa shape index (κ3) is 9.11. The van der Waals surface area contributed by atoms with Crippen molar-refractivity contribution in [2.45, 2.75) is 0 Å². The summed E-state index contributed by atoms with van der Waals surface area (Å²) in [6.07, 6.45) is 2.21. The van der Waals surface area contributed by atoms with Gasteiger partial charge in [0.2, 0.25) is 0 Å². The largest absolute Gasteiger partial charge is 0.329 e. The molecule has 0 bridgehead atoms. The minimum absolute atomic E-state index is 0. The molecule has 0 amide bonds. The van der Waals surface area contributed by atoms with Crippen LogP contribution in [0.3, 0.4) is 0 Å². The first-order chi connectivity index (χ1) is 3.41. The van der Waals surface area contributed by atoms with Crippen molar-refractivity contribution in [1.82, 2.24) is 0 Å². The second-order valence-corrected chi connectivity index (χ2v) is 0.417. The van der Waals surface area contributed by atoms with Crippen molar-refractivity contribution in [3.63, 3.8) is 0 Å². The van der Waals surface area contributed by atoms with E-state index < -0.39 is 0 Å². The Kier molecular flexibility index (Phi) is 12.8. The molecule has 0 aromatic carbocycles.